The molecule has 1 aliphatic rings. The number of H-pyrrole nitrogens is 2. The van der Waals surface area contributed by atoms with Crippen LogP contribution in [0, 0.1) is 11.6 Å². The molecule has 8 heteroatoms. The van der Waals surface area contributed by atoms with E-state index in [1.54, 1.807) is 12.4 Å². The molecule has 0 bridgehead atoms. The summed E-state index contributed by atoms with van der Waals surface area (Å²) in [6.07, 6.45) is 4.22. The number of aromatic nitrogens is 4. The van der Waals surface area contributed by atoms with Crippen LogP contribution in [0.15, 0.2) is 24.5 Å². The van der Waals surface area contributed by atoms with E-state index in [0.717, 1.165) is 35.3 Å². The Kier molecular flexibility index (Phi) is 3.96. The lowest BCUT2D eigenvalue weighted by molar-refractivity contribution is 0.233. The summed E-state index contributed by atoms with van der Waals surface area (Å²) in [5.74, 6) is -0.602. The lowest BCUT2D eigenvalue weighted by Gasteiger charge is -2.26. The van der Waals surface area contributed by atoms with Crippen molar-refractivity contribution in [3.8, 4) is 17.1 Å². The van der Waals surface area contributed by atoms with Crippen molar-refractivity contribution in [2.45, 2.75) is 19.5 Å². The minimum atomic E-state index is -0.864. The lowest BCUT2D eigenvalue weighted by atomic mass is 10.1. The maximum atomic E-state index is 14.2. The van der Waals surface area contributed by atoms with Gasteiger partial charge in [-0.3, -0.25) is 10.00 Å². The van der Waals surface area contributed by atoms with Crippen LogP contribution in [-0.4, -0.2) is 38.7 Å². The normalized spacial score (nSPS) is 14.5. The van der Waals surface area contributed by atoms with Crippen molar-refractivity contribution >= 4 is 0 Å². The molecular weight excluding hydrogens is 328 g/mol. The van der Waals surface area contributed by atoms with Crippen LogP contribution >= 0.6 is 0 Å². The Morgan fingerprint density at radius 3 is 2.96 bits per heavy atom. The van der Waals surface area contributed by atoms with Gasteiger partial charge < -0.3 is 9.72 Å². The number of ether oxygens (including phenoxy) is 1. The highest BCUT2D eigenvalue weighted by molar-refractivity contribution is 5.53. The van der Waals surface area contributed by atoms with Gasteiger partial charge in [0.05, 0.1) is 30.3 Å². The molecule has 130 valence electrons. The maximum absolute atomic E-state index is 14.2. The van der Waals surface area contributed by atoms with Crippen molar-refractivity contribution < 1.29 is 13.5 Å². The Morgan fingerprint density at radius 2 is 2.20 bits per heavy atom. The first-order valence-corrected chi connectivity index (χ1v) is 7.96. The largest absolute Gasteiger partial charge is 0.496 e. The quantitative estimate of drug-likeness (QED) is 0.763. The van der Waals surface area contributed by atoms with Gasteiger partial charge in [0.2, 0.25) is 0 Å². The Balaban J connectivity index is 1.57. The van der Waals surface area contributed by atoms with Crippen LogP contribution in [0.3, 0.4) is 0 Å². The summed E-state index contributed by atoms with van der Waals surface area (Å²) in [4.78, 5) is 9.94. The van der Waals surface area contributed by atoms with Gasteiger partial charge in [-0.1, -0.05) is 0 Å². The predicted octanol–water partition coefficient (Wildman–Crippen LogP) is 2.64. The van der Waals surface area contributed by atoms with Gasteiger partial charge in [0.25, 0.3) is 0 Å². The van der Waals surface area contributed by atoms with Gasteiger partial charge in [-0.25, -0.2) is 13.8 Å². The first-order chi connectivity index (χ1) is 12.2. The monoisotopic (exact) mass is 345 g/mol. The van der Waals surface area contributed by atoms with Gasteiger partial charge in [0, 0.05) is 37.8 Å². The number of nitrogens with zero attached hydrogens (tertiary/aromatic N) is 3. The number of halogens is 2. The second kappa shape index (κ2) is 6.29. The zero-order chi connectivity index (χ0) is 17.4. The Hall–Kier alpha value is -2.74. The van der Waals surface area contributed by atoms with E-state index in [9.17, 15) is 8.78 Å². The molecular formula is C17H17F2N5O. The first kappa shape index (κ1) is 15.8. The molecule has 0 atom stereocenters. The van der Waals surface area contributed by atoms with Crippen LogP contribution in [0.25, 0.3) is 11.4 Å². The summed E-state index contributed by atoms with van der Waals surface area (Å²) >= 11 is 0. The van der Waals surface area contributed by atoms with Crippen molar-refractivity contribution in [2.75, 3.05) is 13.7 Å². The second-order valence-electron chi connectivity index (χ2n) is 6.00. The van der Waals surface area contributed by atoms with Crippen molar-refractivity contribution in [1.82, 2.24) is 25.1 Å². The summed E-state index contributed by atoms with van der Waals surface area (Å²) in [7, 11) is 1.45. The maximum Gasteiger partial charge on any atom is 0.167 e. The van der Waals surface area contributed by atoms with E-state index in [4.69, 9.17) is 4.74 Å². The molecule has 0 radical (unpaired) electrons. The highest BCUT2D eigenvalue weighted by atomic mass is 19.2. The number of hydrogen-bond acceptors (Lipinski definition) is 4. The summed E-state index contributed by atoms with van der Waals surface area (Å²) in [6, 6.07) is 2.54. The van der Waals surface area contributed by atoms with E-state index in [2.05, 4.69) is 20.2 Å². The first-order valence-electron chi connectivity index (χ1n) is 7.96. The molecule has 0 saturated heterocycles. The van der Waals surface area contributed by atoms with Gasteiger partial charge in [-0.05, 0) is 12.1 Å². The average Bonchev–Trinajstić information content (AvgIpc) is 3.28. The van der Waals surface area contributed by atoms with Crippen molar-refractivity contribution in [3.63, 3.8) is 0 Å². The van der Waals surface area contributed by atoms with Gasteiger partial charge in [0.1, 0.15) is 11.6 Å². The Morgan fingerprint density at radius 1 is 1.32 bits per heavy atom. The number of methoxy groups -OCH3 is 1. The Labute approximate surface area is 142 Å². The molecule has 4 rings (SSSR count). The number of nitrogens with one attached hydrogen (secondary N) is 2. The molecule has 6 nitrogen and oxygen atoms in total. The van der Waals surface area contributed by atoms with E-state index < -0.39 is 11.6 Å². The topological polar surface area (TPSA) is 69.8 Å². The van der Waals surface area contributed by atoms with E-state index in [0.29, 0.717) is 18.8 Å². The number of fused-ring (bicyclic) bond motifs is 1. The van der Waals surface area contributed by atoms with Crippen LogP contribution in [-0.2, 0) is 19.5 Å². The molecule has 1 aromatic carbocycles. The van der Waals surface area contributed by atoms with Crippen LogP contribution in [0.5, 0.6) is 5.75 Å². The van der Waals surface area contributed by atoms with Crippen LogP contribution < -0.4 is 4.74 Å². The summed E-state index contributed by atoms with van der Waals surface area (Å²) < 4.78 is 32.9. The third kappa shape index (κ3) is 2.89. The molecule has 0 unspecified atom stereocenters. The average molecular weight is 345 g/mol. The van der Waals surface area contributed by atoms with Crippen LogP contribution in [0.4, 0.5) is 8.78 Å². The standard InChI is InChI=1S/C17H17F2N5O/c1-25-15-3-2-12(18)16(19)11(15)8-24-5-4-13-14(9-24)23-17(22-13)10-6-20-21-7-10/h2-3,6-7H,4-5,8-9H2,1H3,(H,20,21)(H,22,23). The molecule has 25 heavy (non-hydrogen) atoms. The third-order valence-electron chi connectivity index (χ3n) is 4.44. The van der Waals surface area contributed by atoms with E-state index in [1.807, 2.05) is 4.90 Å². The highest BCUT2D eigenvalue weighted by Crippen LogP contribution is 2.28. The van der Waals surface area contributed by atoms with Crippen LogP contribution in [0.1, 0.15) is 17.0 Å². The summed E-state index contributed by atoms with van der Waals surface area (Å²) in [6.45, 7) is 1.56. The molecule has 3 heterocycles. The van der Waals surface area contributed by atoms with Crippen molar-refractivity contribution in [3.05, 3.63) is 53.1 Å². The molecule has 0 aliphatic carbocycles. The van der Waals surface area contributed by atoms with E-state index >= 15 is 0 Å². The number of rotatable bonds is 4. The molecule has 2 aromatic heterocycles. The molecule has 3 aromatic rings. The van der Waals surface area contributed by atoms with Gasteiger partial charge >= 0.3 is 0 Å². The fraction of sp³-hybridized carbons (Fsp3) is 0.294. The minimum Gasteiger partial charge on any atom is -0.496 e. The van der Waals surface area contributed by atoms with Gasteiger partial charge in [-0.15, -0.1) is 0 Å². The molecule has 0 saturated carbocycles. The second-order valence-corrected chi connectivity index (χ2v) is 6.00. The van der Waals surface area contributed by atoms with Crippen LogP contribution in [0.2, 0.25) is 0 Å². The zero-order valence-corrected chi connectivity index (χ0v) is 13.6. The Bertz CT molecular complexity index is 891. The van der Waals surface area contributed by atoms with Crippen molar-refractivity contribution in [2.24, 2.45) is 0 Å². The molecule has 0 fully saturated rings. The lowest BCUT2D eigenvalue weighted by Crippen LogP contribution is -2.30. The van der Waals surface area contributed by atoms with Gasteiger partial charge in [0.15, 0.2) is 11.6 Å². The number of aromatic amines is 2. The fourth-order valence-electron chi connectivity index (χ4n) is 3.14. The molecule has 2 N–H and O–H groups in total. The zero-order valence-electron chi connectivity index (χ0n) is 13.6. The van der Waals surface area contributed by atoms with Gasteiger partial charge in [-0.2, -0.15) is 5.10 Å². The third-order valence-corrected chi connectivity index (χ3v) is 4.44. The minimum absolute atomic E-state index is 0.237. The summed E-state index contributed by atoms with van der Waals surface area (Å²) in [5.41, 5.74) is 3.11. The SMILES string of the molecule is COc1ccc(F)c(F)c1CN1CCc2nc(-c3cn[nH]c3)[nH]c2C1. The predicted molar refractivity (Wildman–Crippen MR) is 86.9 cm³/mol. The number of benzene rings is 1. The smallest absolute Gasteiger partial charge is 0.167 e. The van der Waals surface area contributed by atoms with E-state index in [1.165, 1.54) is 13.2 Å². The summed E-state index contributed by atoms with van der Waals surface area (Å²) in [5, 5.41) is 6.69. The van der Waals surface area contributed by atoms with E-state index in [-0.39, 0.29) is 12.1 Å². The molecule has 0 spiro atoms. The molecule has 1 aliphatic heterocycles. The molecule has 0 amide bonds. The van der Waals surface area contributed by atoms with Crippen molar-refractivity contribution in [1.29, 1.82) is 0 Å². The highest BCUT2D eigenvalue weighted by Gasteiger charge is 2.24. The number of imidazole rings is 1. The number of hydrogen-bond donors (Lipinski definition) is 2. The fourth-order valence-corrected chi connectivity index (χ4v) is 3.14.